The molecule has 276 valence electrons. The highest BCUT2D eigenvalue weighted by atomic mass is 32.1. The average molecular weight is 735 g/mol. The molecule has 7 rings (SSSR count). The number of nitrogens with one attached hydrogen (secondary N) is 1. The van der Waals surface area contributed by atoms with E-state index in [9.17, 15) is 4.79 Å². The van der Waals surface area contributed by atoms with Crippen LogP contribution < -0.4 is 16.1 Å². The first-order valence-corrected chi connectivity index (χ1v) is 20.1. The first-order valence-electron chi connectivity index (χ1n) is 19.3. The normalized spacial score (nSPS) is 18.7. The summed E-state index contributed by atoms with van der Waals surface area (Å²) in [6.07, 6.45) is 12.5. The van der Waals surface area contributed by atoms with Gasteiger partial charge in [-0.3, -0.25) is 9.79 Å². The molecule has 2 fully saturated rings. The molecule has 0 saturated heterocycles. The largest absolute Gasteiger partial charge is 0.385 e. The molecule has 1 heterocycles. The molecule has 54 heavy (non-hydrogen) atoms. The summed E-state index contributed by atoms with van der Waals surface area (Å²) in [5, 5.41) is 10.9. The Morgan fingerprint density at radius 2 is 1.74 bits per heavy atom. The number of anilines is 2. The van der Waals surface area contributed by atoms with Gasteiger partial charge in [0.15, 0.2) is 5.78 Å². The molecule has 2 aliphatic carbocycles. The molecule has 7 nitrogen and oxygen atoms in total. The monoisotopic (exact) mass is 734 g/mol. The molecule has 3 N–H and O–H groups in total. The van der Waals surface area contributed by atoms with Gasteiger partial charge in [-0.25, -0.2) is 9.99 Å². The van der Waals surface area contributed by atoms with Crippen LogP contribution in [0.2, 0.25) is 0 Å². The van der Waals surface area contributed by atoms with Crippen molar-refractivity contribution in [2.75, 3.05) is 23.4 Å². The smallest absolute Gasteiger partial charge is 0.211 e. The van der Waals surface area contributed by atoms with Crippen molar-refractivity contribution in [3.8, 4) is 11.1 Å². The van der Waals surface area contributed by atoms with E-state index in [-0.39, 0.29) is 5.78 Å². The number of carbonyl (C=O) groups excluding carboxylic acids is 1. The summed E-state index contributed by atoms with van der Waals surface area (Å²) in [6, 6.07) is 31.9. The highest BCUT2D eigenvalue weighted by Crippen LogP contribution is 2.78. The molecule has 1 aromatic heterocycles. The molecule has 0 radical (unpaired) electrons. The molecule has 0 bridgehead atoms. The minimum absolute atomic E-state index is 0.242. The maximum Gasteiger partial charge on any atom is 0.211 e. The molecule has 2 unspecified atom stereocenters. The van der Waals surface area contributed by atoms with Gasteiger partial charge in [-0.2, -0.15) is 5.10 Å². The number of carbonyl (C=O) groups is 1. The quantitative estimate of drug-likeness (QED) is 0.0273. The third-order valence-corrected chi connectivity index (χ3v) is 11.8. The fourth-order valence-corrected chi connectivity index (χ4v) is 8.57. The molecule has 5 aromatic rings. The standard InChI is InChI=1S/C46H50N6OS/c1-4-13-31-16-18-32(19-17-31)37-25-22-34(28-35(37)30-50-52(6-3)46-51-39-14-9-10-15-41(39)54-46)43-44-38(45(43)44)29-40(53)33-20-23-36(24-21-33)48-26-11-7-8-12-27-49-42(47)5-2/h5-6,9-10,14-25,28,30,38,43-45,48H,2-4,7-8,11-13,26-27,29H2,1H3,(H2,47,49)/b50-30+. The highest BCUT2D eigenvalue weighted by molar-refractivity contribution is 7.22. The van der Waals surface area contributed by atoms with E-state index in [4.69, 9.17) is 15.8 Å². The summed E-state index contributed by atoms with van der Waals surface area (Å²) in [6.45, 7) is 11.5. The van der Waals surface area contributed by atoms with E-state index in [1.165, 1.54) is 16.7 Å². The second kappa shape index (κ2) is 17.2. The predicted octanol–water partition coefficient (Wildman–Crippen LogP) is 10.6. The predicted molar refractivity (Wildman–Crippen MR) is 228 cm³/mol. The van der Waals surface area contributed by atoms with E-state index >= 15 is 0 Å². The van der Waals surface area contributed by atoms with Gasteiger partial charge in [-0.1, -0.05) is 99.2 Å². The van der Waals surface area contributed by atoms with Crippen LogP contribution in [0.25, 0.3) is 21.3 Å². The fourth-order valence-electron chi connectivity index (χ4n) is 7.65. The third kappa shape index (κ3) is 8.71. The molecule has 0 spiro atoms. The Balaban J connectivity index is 0.955. The lowest BCUT2D eigenvalue weighted by Crippen LogP contribution is -2.09. The van der Waals surface area contributed by atoms with Gasteiger partial charge in [0.05, 0.1) is 16.4 Å². The number of hydrazone groups is 1. The van der Waals surface area contributed by atoms with Crippen LogP contribution in [0.4, 0.5) is 10.8 Å². The topological polar surface area (TPSA) is 96.0 Å². The summed E-state index contributed by atoms with van der Waals surface area (Å²) in [5.74, 6) is 2.89. The molecular formula is C46H50N6OS. The number of amidine groups is 1. The Labute approximate surface area is 323 Å². The van der Waals surface area contributed by atoms with Gasteiger partial charge >= 0.3 is 0 Å². The lowest BCUT2D eigenvalue weighted by molar-refractivity contribution is 0.0967. The van der Waals surface area contributed by atoms with Crippen molar-refractivity contribution in [3.05, 3.63) is 139 Å². The van der Waals surface area contributed by atoms with E-state index in [0.29, 0.717) is 35.9 Å². The number of aliphatic imine (C=N–C) groups is 1. The van der Waals surface area contributed by atoms with Gasteiger partial charge in [-0.15, -0.1) is 0 Å². The number of Topliss-reactive ketones (excluding diaryl/α,β-unsaturated/α-hetero) is 1. The fraction of sp³-hybridized carbons (Fsp3) is 0.304. The van der Waals surface area contributed by atoms with Crippen molar-refractivity contribution in [1.82, 2.24) is 4.98 Å². The Bertz CT molecular complexity index is 2110. The minimum Gasteiger partial charge on any atom is -0.385 e. The molecule has 8 heteroatoms. The van der Waals surface area contributed by atoms with Crippen molar-refractivity contribution in [3.63, 3.8) is 0 Å². The number of aryl methyl sites for hydroxylation is 1. The second-order valence-corrected chi connectivity index (χ2v) is 15.4. The number of thiazole rings is 1. The van der Waals surface area contributed by atoms with E-state index < -0.39 is 0 Å². The zero-order chi connectivity index (χ0) is 37.4. The van der Waals surface area contributed by atoms with Crippen molar-refractivity contribution < 1.29 is 4.79 Å². The van der Waals surface area contributed by atoms with Crippen molar-refractivity contribution in [1.29, 1.82) is 0 Å². The van der Waals surface area contributed by atoms with Crippen molar-refractivity contribution in [2.45, 2.75) is 57.8 Å². The van der Waals surface area contributed by atoms with Gasteiger partial charge in [0.1, 0.15) is 5.84 Å². The Morgan fingerprint density at radius 1 is 0.963 bits per heavy atom. The van der Waals surface area contributed by atoms with Crippen LogP contribution in [-0.4, -0.2) is 35.9 Å². The van der Waals surface area contributed by atoms with Crippen molar-refractivity contribution in [2.24, 2.45) is 33.6 Å². The van der Waals surface area contributed by atoms with E-state index in [0.717, 1.165) is 89.3 Å². The van der Waals surface area contributed by atoms with Gasteiger partial charge in [0.2, 0.25) is 5.13 Å². The summed E-state index contributed by atoms with van der Waals surface area (Å²) in [7, 11) is 0. The van der Waals surface area contributed by atoms with E-state index in [1.54, 1.807) is 28.6 Å². The number of nitrogens with two attached hydrogens (primary N) is 1. The van der Waals surface area contributed by atoms with Crippen LogP contribution in [0.1, 0.15) is 78.4 Å². The third-order valence-electron chi connectivity index (χ3n) is 10.8. The number of ketones is 1. The lowest BCUT2D eigenvalue weighted by Gasteiger charge is -2.15. The van der Waals surface area contributed by atoms with Crippen molar-refractivity contribution >= 4 is 50.2 Å². The van der Waals surface area contributed by atoms with E-state index in [1.807, 2.05) is 48.7 Å². The average Bonchev–Trinajstić information content (AvgIpc) is 4.07. The maximum absolute atomic E-state index is 13.3. The summed E-state index contributed by atoms with van der Waals surface area (Å²) >= 11 is 1.60. The van der Waals surface area contributed by atoms with Crippen LogP contribution in [0, 0.1) is 17.8 Å². The molecule has 2 aliphatic rings. The first kappa shape index (κ1) is 37.0. The Hall–Kier alpha value is -5.34. The summed E-state index contributed by atoms with van der Waals surface area (Å²) in [4.78, 5) is 22.3. The maximum atomic E-state index is 13.3. The van der Waals surface area contributed by atoms with Gasteiger partial charge in [0, 0.05) is 42.5 Å². The number of benzene rings is 4. The van der Waals surface area contributed by atoms with Crippen LogP contribution >= 0.6 is 11.3 Å². The number of aromatic nitrogens is 1. The molecule has 0 aliphatic heterocycles. The number of rotatable bonds is 20. The van der Waals surface area contributed by atoms with Crippen LogP contribution in [0.15, 0.2) is 127 Å². The Morgan fingerprint density at radius 3 is 2.48 bits per heavy atom. The number of hydrogen-bond donors (Lipinski definition) is 2. The van der Waals surface area contributed by atoms with Gasteiger partial charge in [-0.05, 0) is 114 Å². The number of unbranched alkanes of at least 4 members (excludes halogenated alkanes) is 3. The molecule has 2 atom stereocenters. The van der Waals surface area contributed by atoms with Crippen LogP contribution in [-0.2, 0) is 6.42 Å². The highest BCUT2D eigenvalue weighted by Gasteiger charge is 2.73. The molecule has 4 aromatic carbocycles. The number of para-hydroxylation sites is 1. The second-order valence-electron chi connectivity index (χ2n) is 14.4. The molecule has 2 saturated carbocycles. The number of nitrogens with zero attached hydrogens (tertiary/aromatic N) is 4. The molecule has 0 amide bonds. The van der Waals surface area contributed by atoms with E-state index in [2.05, 4.69) is 78.9 Å². The minimum atomic E-state index is 0.242. The summed E-state index contributed by atoms with van der Waals surface area (Å²) < 4.78 is 1.12. The zero-order valence-corrected chi connectivity index (χ0v) is 32.0. The SMILES string of the molecule is C=CC(N)=NCCCCCCNc1ccc(C(=O)CC2C3C(c4ccc(-c5ccc(CCC)cc5)c(/C=N/N(C=C)c5nc6ccccc6s5)c4)C23)cc1. The zero-order valence-electron chi connectivity index (χ0n) is 31.2. The number of fused-ring (bicyclic) bond motifs is 2. The first-order chi connectivity index (χ1) is 26.5. The van der Waals surface area contributed by atoms with Crippen LogP contribution in [0.3, 0.4) is 0 Å². The van der Waals surface area contributed by atoms with Gasteiger partial charge < -0.3 is 11.1 Å². The van der Waals surface area contributed by atoms with Crippen LogP contribution in [0.5, 0.6) is 0 Å². The summed E-state index contributed by atoms with van der Waals surface area (Å²) in [5.41, 5.74) is 14.5. The van der Waals surface area contributed by atoms with Gasteiger partial charge in [0.25, 0.3) is 0 Å². The lowest BCUT2D eigenvalue weighted by atomic mass is 9.89. The number of hydrogen-bond acceptors (Lipinski definition) is 7. The molecular weight excluding hydrogens is 685 g/mol. The Kier molecular flexibility index (Phi) is 11.8.